The quantitative estimate of drug-likeness (QED) is 0.644. The summed E-state index contributed by atoms with van der Waals surface area (Å²) in [6.07, 6.45) is 2.28. The van der Waals surface area contributed by atoms with Crippen molar-refractivity contribution in [3.63, 3.8) is 0 Å². The van der Waals surface area contributed by atoms with E-state index >= 15 is 0 Å². The van der Waals surface area contributed by atoms with Crippen LogP contribution in [0.15, 0.2) is 76.5 Å². The number of rotatable bonds is 1. The molecule has 1 aliphatic heterocycles. The van der Waals surface area contributed by atoms with Gasteiger partial charge in [0, 0.05) is 22.0 Å². The van der Waals surface area contributed by atoms with E-state index in [-0.39, 0.29) is 0 Å². The second kappa shape index (κ2) is 5.30. The van der Waals surface area contributed by atoms with E-state index in [4.69, 9.17) is 0 Å². The Balaban J connectivity index is 1.68. The van der Waals surface area contributed by atoms with Crippen LogP contribution in [-0.2, 0) is 0 Å². The fraction of sp³-hybridized carbons (Fsp3) is 0.0526. The lowest BCUT2D eigenvalue weighted by molar-refractivity contribution is 1.24. The van der Waals surface area contributed by atoms with E-state index in [1.807, 2.05) is 11.8 Å². The maximum absolute atomic E-state index is 3.48. The summed E-state index contributed by atoms with van der Waals surface area (Å²) in [5, 5.41) is 6.06. The molecule has 0 saturated heterocycles. The van der Waals surface area contributed by atoms with Gasteiger partial charge < -0.3 is 5.32 Å². The zero-order valence-corrected chi connectivity index (χ0v) is 12.4. The molecule has 1 aliphatic rings. The highest BCUT2D eigenvalue weighted by atomic mass is 32.2. The van der Waals surface area contributed by atoms with Crippen LogP contribution in [0.25, 0.3) is 16.8 Å². The Bertz CT molecular complexity index is 836. The first-order valence-electron chi connectivity index (χ1n) is 7.09. The zero-order valence-electron chi connectivity index (χ0n) is 11.5. The normalized spacial score (nSPS) is 15.7. The summed E-state index contributed by atoms with van der Waals surface area (Å²) in [7, 11) is 0. The molecule has 21 heavy (non-hydrogen) atoms. The molecule has 0 bridgehead atoms. The summed E-state index contributed by atoms with van der Waals surface area (Å²) >= 11 is 1.86. The Morgan fingerprint density at radius 1 is 0.857 bits per heavy atom. The van der Waals surface area contributed by atoms with E-state index in [1.54, 1.807) is 0 Å². The predicted molar refractivity (Wildman–Crippen MR) is 92.7 cm³/mol. The second-order valence-electron chi connectivity index (χ2n) is 5.17. The highest BCUT2D eigenvalue weighted by Crippen LogP contribution is 2.37. The highest BCUT2D eigenvalue weighted by Gasteiger charge is 2.12. The van der Waals surface area contributed by atoms with Crippen molar-refractivity contribution in [2.24, 2.45) is 0 Å². The van der Waals surface area contributed by atoms with Gasteiger partial charge in [-0.1, -0.05) is 60.3 Å². The van der Waals surface area contributed by atoms with Gasteiger partial charge in [0.25, 0.3) is 0 Å². The third kappa shape index (κ3) is 2.55. The van der Waals surface area contributed by atoms with Crippen molar-refractivity contribution in [3.05, 3.63) is 77.2 Å². The van der Waals surface area contributed by atoms with Gasteiger partial charge in [-0.2, -0.15) is 0 Å². The minimum absolute atomic E-state index is 0.897. The molecule has 0 spiro atoms. The summed E-state index contributed by atoms with van der Waals surface area (Å²) in [4.78, 5) is 2.65. The average molecular weight is 289 g/mol. The summed E-state index contributed by atoms with van der Waals surface area (Å²) in [5.41, 5.74) is 2.50. The summed E-state index contributed by atoms with van der Waals surface area (Å²) in [6, 6.07) is 23.6. The van der Waals surface area contributed by atoms with Gasteiger partial charge >= 0.3 is 0 Å². The van der Waals surface area contributed by atoms with E-state index in [0.717, 1.165) is 6.54 Å². The molecule has 0 radical (unpaired) electrons. The number of hydrogen-bond donors (Lipinski definition) is 1. The highest BCUT2D eigenvalue weighted by molar-refractivity contribution is 8.03. The van der Waals surface area contributed by atoms with E-state index in [0.29, 0.717) is 0 Å². The first kappa shape index (κ1) is 12.5. The van der Waals surface area contributed by atoms with Crippen molar-refractivity contribution in [1.29, 1.82) is 0 Å². The molecule has 3 aromatic carbocycles. The Kier molecular flexibility index (Phi) is 3.17. The summed E-state index contributed by atoms with van der Waals surface area (Å²) in [6.45, 7) is 0.897. The SMILES string of the molecule is C(=C1/CNc2ccccc2S1)/c1ccc2ccccc2c1. The van der Waals surface area contributed by atoms with Crippen LogP contribution in [0.3, 0.4) is 0 Å². The lowest BCUT2D eigenvalue weighted by Gasteiger charge is -2.19. The van der Waals surface area contributed by atoms with Crippen LogP contribution in [0.5, 0.6) is 0 Å². The molecule has 0 fully saturated rings. The van der Waals surface area contributed by atoms with Crippen molar-refractivity contribution in [2.75, 3.05) is 11.9 Å². The molecule has 0 atom stereocenters. The number of hydrogen-bond acceptors (Lipinski definition) is 2. The number of nitrogens with one attached hydrogen (secondary N) is 1. The van der Waals surface area contributed by atoms with Crippen LogP contribution in [0.1, 0.15) is 5.56 Å². The van der Waals surface area contributed by atoms with Gasteiger partial charge in [-0.05, 0) is 40.6 Å². The molecule has 1 nitrogen and oxygen atoms in total. The van der Waals surface area contributed by atoms with Gasteiger partial charge in [-0.15, -0.1) is 0 Å². The zero-order chi connectivity index (χ0) is 14.1. The number of benzene rings is 3. The molecule has 2 heteroatoms. The average Bonchev–Trinajstić information content (AvgIpc) is 2.55. The lowest BCUT2D eigenvalue weighted by Crippen LogP contribution is -2.08. The molecule has 1 N–H and O–H groups in total. The fourth-order valence-electron chi connectivity index (χ4n) is 2.63. The van der Waals surface area contributed by atoms with Gasteiger partial charge in [-0.25, -0.2) is 0 Å². The van der Waals surface area contributed by atoms with Crippen molar-refractivity contribution < 1.29 is 0 Å². The van der Waals surface area contributed by atoms with Crippen molar-refractivity contribution in [1.82, 2.24) is 0 Å². The molecule has 102 valence electrons. The van der Waals surface area contributed by atoms with Crippen molar-refractivity contribution >= 4 is 34.3 Å². The molecule has 4 rings (SSSR count). The van der Waals surface area contributed by atoms with E-state index in [2.05, 4.69) is 78.1 Å². The third-order valence-corrected chi connectivity index (χ3v) is 4.78. The molecule has 1 heterocycles. The van der Waals surface area contributed by atoms with Crippen molar-refractivity contribution in [3.8, 4) is 0 Å². The minimum Gasteiger partial charge on any atom is -0.380 e. The Hall–Kier alpha value is -2.19. The Morgan fingerprint density at radius 3 is 2.62 bits per heavy atom. The van der Waals surface area contributed by atoms with Gasteiger partial charge in [0.1, 0.15) is 0 Å². The number of thioether (sulfide) groups is 1. The molecular formula is C19H15NS. The summed E-state index contributed by atoms with van der Waals surface area (Å²) in [5.74, 6) is 0. The standard InChI is InChI=1S/C19H15NS/c1-2-6-16-11-14(9-10-15(16)5-1)12-17-13-20-18-7-3-4-8-19(18)21-17/h1-12,20H,13H2/b17-12+. The van der Waals surface area contributed by atoms with Gasteiger partial charge in [0.05, 0.1) is 0 Å². The largest absolute Gasteiger partial charge is 0.380 e. The summed E-state index contributed by atoms with van der Waals surface area (Å²) < 4.78 is 0. The number of anilines is 1. The molecule has 0 amide bonds. The van der Waals surface area contributed by atoms with Crippen LogP contribution in [0.4, 0.5) is 5.69 Å². The predicted octanol–water partition coefficient (Wildman–Crippen LogP) is 5.40. The van der Waals surface area contributed by atoms with Gasteiger partial charge in [-0.3, -0.25) is 0 Å². The van der Waals surface area contributed by atoms with E-state index < -0.39 is 0 Å². The Labute approximate surface area is 128 Å². The smallest absolute Gasteiger partial charge is 0.0484 e. The molecule has 0 aliphatic carbocycles. The lowest BCUT2D eigenvalue weighted by atomic mass is 10.1. The first-order chi connectivity index (χ1) is 10.4. The molecule has 0 saturated carbocycles. The van der Waals surface area contributed by atoms with Crippen LogP contribution < -0.4 is 5.32 Å². The van der Waals surface area contributed by atoms with Crippen LogP contribution in [-0.4, -0.2) is 6.54 Å². The van der Waals surface area contributed by atoms with Crippen LogP contribution in [0, 0.1) is 0 Å². The molecule has 0 unspecified atom stereocenters. The first-order valence-corrected chi connectivity index (χ1v) is 7.90. The molecular weight excluding hydrogens is 274 g/mol. The Morgan fingerprint density at radius 2 is 1.67 bits per heavy atom. The topological polar surface area (TPSA) is 12.0 Å². The van der Waals surface area contributed by atoms with Crippen molar-refractivity contribution in [2.45, 2.75) is 4.90 Å². The monoisotopic (exact) mass is 289 g/mol. The maximum atomic E-state index is 3.48. The maximum Gasteiger partial charge on any atom is 0.0484 e. The van der Waals surface area contributed by atoms with E-state index in [1.165, 1.54) is 31.8 Å². The second-order valence-corrected chi connectivity index (χ2v) is 6.34. The molecule has 3 aromatic rings. The number of para-hydroxylation sites is 1. The van der Waals surface area contributed by atoms with Gasteiger partial charge in [0.15, 0.2) is 0 Å². The van der Waals surface area contributed by atoms with E-state index in [9.17, 15) is 0 Å². The molecule has 0 aromatic heterocycles. The van der Waals surface area contributed by atoms with Crippen LogP contribution in [0.2, 0.25) is 0 Å². The van der Waals surface area contributed by atoms with Gasteiger partial charge in [0.2, 0.25) is 0 Å². The minimum atomic E-state index is 0.897. The fourth-order valence-corrected chi connectivity index (χ4v) is 3.64. The van der Waals surface area contributed by atoms with Crippen LogP contribution >= 0.6 is 11.8 Å². The number of fused-ring (bicyclic) bond motifs is 2. The third-order valence-electron chi connectivity index (χ3n) is 3.68.